The largest absolute Gasteiger partial charge is 0.492 e. The van der Waals surface area contributed by atoms with Gasteiger partial charge < -0.3 is 14.4 Å². The Balaban J connectivity index is 1.45. The van der Waals surface area contributed by atoms with E-state index in [-0.39, 0.29) is 11.0 Å². The average Bonchev–Trinajstić information content (AvgIpc) is 3.49. The predicted octanol–water partition coefficient (Wildman–Crippen LogP) is 5.10. The maximum atomic E-state index is 14.4. The van der Waals surface area contributed by atoms with Crippen LogP contribution in [-0.2, 0) is 4.74 Å². The van der Waals surface area contributed by atoms with Crippen LogP contribution < -0.4 is 9.64 Å². The van der Waals surface area contributed by atoms with Crippen molar-refractivity contribution in [3.8, 4) is 5.75 Å². The summed E-state index contributed by atoms with van der Waals surface area (Å²) in [6, 6.07) is 4.55. The number of ether oxygens (including phenoxy) is 2. The fourth-order valence-electron chi connectivity index (χ4n) is 3.68. The quantitative estimate of drug-likeness (QED) is 0.587. The van der Waals surface area contributed by atoms with Gasteiger partial charge in [-0.3, -0.25) is 0 Å². The normalized spacial score (nSPS) is 17.6. The van der Waals surface area contributed by atoms with Gasteiger partial charge in [0.2, 0.25) is 0 Å². The van der Waals surface area contributed by atoms with Crippen LogP contribution in [0.5, 0.6) is 5.75 Å². The maximum absolute atomic E-state index is 14.4. The molecule has 1 aromatic carbocycles. The summed E-state index contributed by atoms with van der Waals surface area (Å²) < 4.78 is 25.1. The number of halogens is 3. The van der Waals surface area contributed by atoms with Crippen LogP contribution in [0.1, 0.15) is 41.6 Å². The van der Waals surface area contributed by atoms with Crippen molar-refractivity contribution in [2.24, 2.45) is 5.41 Å². The Labute approximate surface area is 178 Å². The molecule has 29 heavy (non-hydrogen) atoms. The summed E-state index contributed by atoms with van der Waals surface area (Å²) in [5.41, 5.74) is 0.698. The zero-order chi connectivity index (χ0) is 20.8. The first-order valence-electron chi connectivity index (χ1n) is 9.40. The van der Waals surface area contributed by atoms with E-state index in [1.54, 1.807) is 18.3 Å². The summed E-state index contributed by atoms with van der Waals surface area (Å²) in [5.74, 6) is 0.191. The van der Waals surface area contributed by atoms with Crippen molar-refractivity contribution in [2.45, 2.75) is 25.7 Å². The second-order valence-corrected chi connectivity index (χ2v) is 8.89. The molecule has 0 atom stereocenters. The zero-order valence-corrected chi connectivity index (χ0v) is 17.7. The number of aromatic nitrogens is 1. The van der Waals surface area contributed by atoms with E-state index in [0.29, 0.717) is 47.2 Å². The summed E-state index contributed by atoms with van der Waals surface area (Å²) in [4.78, 5) is 18.2. The number of nitrogens with zero attached hydrogens (tertiary/aromatic N) is 2. The van der Waals surface area contributed by atoms with E-state index in [1.807, 2.05) is 0 Å². The fraction of sp³-hybridized carbons (Fsp3) is 0.429. The molecule has 4 rings (SSSR count). The van der Waals surface area contributed by atoms with E-state index in [1.165, 1.54) is 13.2 Å². The van der Waals surface area contributed by atoms with Crippen LogP contribution in [0.25, 0.3) is 0 Å². The molecular formula is C21H21Cl2FN2O3. The third-order valence-corrected chi connectivity index (χ3v) is 5.82. The summed E-state index contributed by atoms with van der Waals surface area (Å²) in [6.45, 7) is 3.94. The number of esters is 1. The van der Waals surface area contributed by atoms with Crippen LogP contribution in [0.3, 0.4) is 0 Å². The second kappa shape index (κ2) is 7.65. The molecule has 0 amide bonds. The zero-order valence-electron chi connectivity index (χ0n) is 16.2. The van der Waals surface area contributed by atoms with Crippen molar-refractivity contribution in [2.75, 3.05) is 31.7 Å². The molecule has 5 nitrogen and oxygen atoms in total. The SMILES string of the molecule is COC(=O)c1cc(C2CC2)c(OCC2(C)CN(c3ncc(Cl)cc3Cl)C2)cc1F. The van der Waals surface area contributed by atoms with Gasteiger partial charge in [-0.05, 0) is 36.5 Å². The van der Waals surface area contributed by atoms with E-state index in [0.717, 1.165) is 18.4 Å². The molecule has 1 saturated heterocycles. The lowest BCUT2D eigenvalue weighted by atomic mass is 9.83. The lowest BCUT2D eigenvalue weighted by Gasteiger charge is -2.48. The lowest BCUT2D eigenvalue weighted by Crippen LogP contribution is -2.58. The molecule has 1 aliphatic heterocycles. The number of pyridine rings is 1. The van der Waals surface area contributed by atoms with Crippen molar-refractivity contribution in [1.82, 2.24) is 4.98 Å². The van der Waals surface area contributed by atoms with E-state index >= 15 is 0 Å². The van der Waals surface area contributed by atoms with Gasteiger partial charge in [-0.1, -0.05) is 30.1 Å². The number of carbonyl (C=O) groups excluding carboxylic acids is 1. The monoisotopic (exact) mass is 438 g/mol. The van der Waals surface area contributed by atoms with E-state index in [9.17, 15) is 9.18 Å². The number of anilines is 1. The van der Waals surface area contributed by atoms with Gasteiger partial charge in [0.15, 0.2) is 0 Å². The molecular weight excluding hydrogens is 418 g/mol. The number of methoxy groups -OCH3 is 1. The number of hydrogen-bond donors (Lipinski definition) is 0. The van der Waals surface area contributed by atoms with Gasteiger partial charge in [-0.2, -0.15) is 0 Å². The Hall–Kier alpha value is -2.05. The first kappa shape index (κ1) is 20.2. The van der Waals surface area contributed by atoms with Gasteiger partial charge in [-0.25, -0.2) is 14.2 Å². The minimum absolute atomic E-state index is 0.0498. The van der Waals surface area contributed by atoms with Crippen LogP contribution >= 0.6 is 23.2 Å². The van der Waals surface area contributed by atoms with Crippen LogP contribution in [0.2, 0.25) is 10.0 Å². The average molecular weight is 439 g/mol. The van der Waals surface area contributed by atoms with Gasteiger partial charge >= 0.3 is 5.97 Å². The molecule has 0 radical (unpaired) electrons. The molecule has 1 aliphatic carbocycles. The van der Waals surface area contributed by atoms with Crippen molar-refractivity contribution in [1.29, 1.82) is 0 Å². The molecule has 154 valence electrons. The minimum atomic E-state index is -0.676. The standard InChI is InChI=1S/C21H21Cl2FN2O3/c1-21(9-26(10-21)19-16(23)5-13(22)8-25-19)11-29-18-7-17(24)15(20(27)28-2)6-14(18)12-3-4-12/h5-8,12H,3-4,9-11H2,1-2H3. The topological polar surface area (TPSA) is 51.7 Å². The Morgan fingerprint density at radius 3 is 2.66 bits per heavy atom. The highest BCUT2D eigenvalue weighted by molar-refractivity contribution is 6.36. The van der Waals surface area contributed by atoms with Crippen molar-refractivity contribution < 1.29 is 18.7 Å². The Morgan fingerprint density at radius 1 is 1.31 bits per heavy atom. The summed E-state index contributed by atoms with van der Waals surface area (Å²) in [7, 11) is 1.24. The van der Waals surface area contributed by atoms with Gasteiger partial charge in [0, 0.05) is 30.8 Å². The molecule has 0 bridgehead atoms. The molecule has 2 fully saturated rings. The van der Waals surface area contributed by atoms with Gasteiger partial charge in [-0.15, -0.1) is 0 Å². The molecule has 0 unspecified atom stereocenters. The summed E-state index contributed by atoms with van der Waals surface area (Å²) in [5, 5.41) is 1.01. The molecule has 0 N–H and O–H groups in total. The predicted molar refractivity (Wildman–Crippen MR) is 110 cm³/mol. The fourth-order valence-corrected chi connectivity index (χ4v) is 4.18. The lowest BCUT2D eigenvalue weighted by molar-refractivity contribution is 0.0595. The van der Waals surface area contributed by atoms with E-state index in [4.69, 9.17) is 27.9 Å². The molecule has 0 spiro atoms. The van der Waals surface area contributed by atoms with Crippen molar-refractivity contribution in [3.05, 3.63) is 51.4 Å². The van der Waals surface area contributed by atoms with Crippen LogP contribution in [0.4, 0.5) is 10.2 Å². The van der Waals surface area contributed by atoms with Crippen LogP contribution in [-0.4, -0.2) is 37.8 Å². The molecule has 2 aromatic rings. The molecule has 8 heteroatoms. The Kier molecular flexibility index (Phi) is 5.34. The first-order chi connectivity index (χ1) is 13.8. The van der Waals surface area contributed by atoms with Crippen LogP contribution in [0.15, 0.2) is 24.4 Å². The minimum Gasteiger partial charge on any atom is -0.492 e. The molecule has 1 saturated carbocycles. The third kappa shape index (κ3) is 4.14. The maximum Gasteiger partial charge on any atom is 0.340 e. The van der Waals surface area contributed by atoms with Gasteiger partial charge in [0.1, 0.15) is 17.4 Å². The Bertz CT molecular complexity index is 959. The van der Waals surface area contributed by atoms with E-state index < -0.39 is 11.8 Å². The highest BCUT2D eigenvalue weighted by atomic mass is 35.5. The first-order valence-corrected chi connectivity index (χ1v) is 10.2. The number of benzene rings is 1. The molecule has 2 heterocycles. The van der Waals surface area contributed by atoms with Gasteiger partial charge in [0.25, 0.3) is 0 Å². The molecule has 2 aliphatic rings. The highest BCUT2D eigenvalue weighted by Gasteiger charge is 2.41. The number of carbonyl (C=O) groups is 1. The summed E-state index contributed by atoms with van der Waals surface area (Å²) >= 11 is 12.1. The van der Waals surface area contributed by atoms with Crippen LogP contribution in [0, 0.1) is 11.2 Å². The second-order valence-electron chi connectivity index (χ2n) is 8.05. The Morgan fingerprint density at radius 2 is 2.03 bits per heavy atom. The number of hydrogen-bond acceptors (Lipinski definition) is 5. The summed E-state index contributed by atoms with van der Waals surface area (Å²) in [6.07, 6.45) is 3.59. The molecule has 1 aromatic heterocycles. The van der Waals surface area contributed by atoms with Crippen molar-refractivity contribution >= 4 is 35.0 Å². The van der Waals surface area contributed by atoms with Gasteiger partial charge in [0.05, 0.1) is 29.3 Å². The third-order valence-electron chi connectivity index (χ3n) is 5.33. The van der Waals surface area contributed by atoms with E-state index in [2.05, 4.69) is 21.5 Å². The smallest absolute Gasteiger partial charge is 0.340 e. The van der Waals surface area contributed by atoms with Crippen molar-refractivity contribution in [3.63, 3.8) is 0 Å². The highest BCUT2D eigenvalue weighted by Crippen LogP contribution is 2.46. The number of rotatable bonds is 6.